The Labute approximate surface area is 120 Å². The fourth-order valence-corrected chi connectivity index (χ4v) is 2.17. The number of nitrogens with two attached hydrogens (primary N) is 1. The predicted molar refractivity (Wildman–Crippen MR) is 68.2 cm³/mol. The van der Waals surface area contributed by atoms with E-state index in [9.17, 15) is 22.8 Å². The number of halogens is 3. The highest BCUT2D eigenvalue weighted by molar-refractivity contribution is 6.01. The van der Waals surface area contributed by atoms with Gasteiger partial charge in [-0.25, -0.2) is 4.79 Å². The van der Waals surface area contributed by atoms with Gasteiger partial charge in [0.1, 0.15) is 0 Å². The minimum Gasteiger partial charge on any atom is -0.464 e. The van der Waals surface area contributed by atoms with Crippen molar-refractivity contribution < 1.29 is 27.5 Å². The third kappa shape index (κ3) is 6.30. The monoisotopic (exact) mass is 311 g/mol. The number of amides is 1. The van der Waals surface area contributed by atoms with Crippen LogP contribution in [-0.4, -0.2) is 61.8 Å². The Morgan fingerprint density at radius 3 is 2.71 bits per heavy atom. The fourth-order valence-electron chi connectivity index (χ4n) is 2.17. The Morgan fingerprint density at radius 2 is 2.14 bits per heavy atom. The summed E-state index contributed by atoms with van der Waals surface area (Å²) in [7, 11) is 0. The number of likely N-dealkylation sites (tertiary alicyclic amines) is 1. The summed E-state index contributed by atoms with van der Waals surface area (Å²) < 4.78 is 41.3. The molecular weight excluding hydrogens is 291 g/mol. The van der Waals surface area contributed by atoms with Gasteiger partial charge in [-0.2, -0.15) is 13.2 Å². The number of nitrogens with zero attached hydrogens (tertiary/aromatic N) is 1. The number of rotatable bonds is 6. The molecule has 0 aromatic heterocycles. The van der Waals surface area contributed by atoms with Crippen molar-refractivity contribution in [3.8, 4) is 0 Å². The minimum absolute atomic E-state index is 0.0781. The molecule has 1 aliphatic rings. The predicted octanol–water partition coefficient (Wildman–Crippen LogP) is -0.123. The average molecular weight is 311 g/mol. The zero-order chi connectivity index (χ0) is 16.0. The van der Waals surface area contributed by atoms with E-state index in [0.29, 0.717) is 13.0 Å². The molecule has 1 fully saturated rings. The van der Waals surface area contributed by atoms with E-state index in [4.69, 9.17) is 5.73 Å². The smallest absolute Gasteiger partial charge is 0.401 e. The van der Waals surface area contributed by atoms with Gasteiger partial charge >= 0.3 is 12.1 Å². The number of hydrogen-bond acceptors (Lipinski definition) is 5. The summed E-state index contributed by atoms with van der Waals surface area (Å²) in [6, 6.07) is -1.40. The molecule has 1 saturated heterocycles. The Bertz CT molecular complexity index is 376. The number of nitrogens with one attached hydrogen (secondary N) is 1. The van der Waals surface area contributed by atoms with Crippen LogP contribution in [-0.2, 0) is 14.3 Å². The molecule has 1 amide bonds. The Balaban J connectivity index is 2.30. The first-order valence-electron chi connectivity index (χ1n) is 6.72. The molecule has 2 atom stereocenters. The van der Waals surface area contributed by atoms with Crippen molar-refractivity contribution in [2.24, 2.45) is 11.7 Å². The van der Waals surface area contributed by atoms with Crippen molar-refractivity contribution in [1.82, 2.24) is 10.2 Å². The summed E-state index contributed by atoms with van der Waals surface area (Å²) in [6.07, 6.45) is -3.66. The molecule has 6 nitrogen and oxygen atoms in total. The molecule has 3 N–H and O–H groups in total. The van der Waals surface area contributed by atoms with Crippen molar-refractivity contribution >= 4 is 11.9 Å². The molecule has 1 heterocycles. The molecular formula is C12H20F3N3O3. The lowest BCUT2D eigenvalue weighted by molar-refractivity contribution is -0.148. The highest BCUT2D eigenvalue weighted by atomic mass is 19.4. The Kier molecular flexibility index (Phi) is 6.41. The van der Waals surface area contributed by atoms with E-state index >= 15 is 0 Å². The number of hydrogen-bond donors (Lipinski definition) is 2. The second kappa shape index (κ2) is 7.60. The zero-order valence-corrected chi connectivity index (χ0v) is 11.8. The molecule has 2 unspecified atom stereocenters. The number of esters is 1. The van der Waals surface area contributed by atoms with Crippen LogP contribution in [0.5, 0.6) is 0 Å². The van der Waals surface area contributed by atoms with Crippen LogP contribution in [0.1, 0.15) is 13.3 Å². The van der Waals surface area contributed by atoms with Crippen molar-refractivity contribution in [3.63, 3.8) is 0 Å². The first kappa shape index (κ1) is 17.7. The summed E-state index contributed by atoms with van der Waals surface area (Å²) in [5, 5.41) is 2.47. The topological polar surface area (TPSA) is 84.7 Å². The lowest BCUT2D eigenvalue weighted by atomic mass is 10.1. The van der Waals surface area contributed by atoms with Gasteiger partial charge in [0.05, 0.1) is 13.2 Å². The lowest BCUT2D eigenvalue weighted by Crippen LogP contribution is -2.48. The van der Waals surface area contributed by atoms with Crippen LogP contribution in [0.3, 0.4) is 0 Å². The number of carbonyl (C=O) groups excluding carboxylic acids is 2. The molecule has 0 aromatic carbocycles. The van der Waals surface area contributed by atoms with Crippen LogP contribution in [0.4, 0.5) is 13.2 Å². The highest BCUT2D eigenvalue weighted by Gasteiger charge is 2.34. The van der Waals surface area contributed by atoms with Gasteiger partial charge in [0.15, 0.2) is 6.04 Å². The summed E-state index contributed by atoms with van der Waals surface area (Å²) in [5.41, 5.74) is 5.40. The first-order chi connectivity index (χ1) is 9.73. The van der Waals surface area contributed by atoms with Crippen molar-refractivity contribution in [2.75, 3.05) is 32.8 Å². The van der Waals surface area contributed by atoms with Crippen LogP contribution < -0.4 is 11.1 Å². The maximum atomic E-state index is 12.2. The number of ether oxygens (including phenoxy) is 1. The summed E-state index contributed by atoms with van der Waals surface area (Å²) in [4.78, 5) is 24.1. The zero-order valence-electron chi connectivity index (χ0n) is 11.8. The summed E-state index contributed by atoms with van der Waals surface area (Å²) in [5.74, 6) is -1.58. The van der Waals surface area contributed by atoms with Gasteiger partial charge in [-0.3, -0.25) is 9.69 Å². The van der Waals surface area contributed by atoms with Gasteiger partial charge < -0.3 is 15.8 Å². The molecule has 0 aliphatic carbocycles. The number of alkyl halides is 3. The first-order valence-corrected chi connectivity index (χ1v) is 6.72. The average Bonchev–Trinajstić information content (AvgIpc) is 2.80. The van der Waals surface area contributed by atoms with Crippen LogP contribution >= 0.6 is 0 Å². The van der Waals surface area contributed by atoms with Crippen molar-refractivity contribution in [2.45, 2.75) is 25.6 Å². The van der Waals surface area contributed by atoms with Gasteiger partial charge in [-0.15, -0.1) is 0 Å². The Hall–Kier alpha value is -1.35. The van der Waals surface area contributed by atoms with E-state index in [2.05, 4.69) is 10.1 Å². The summed E-state index contributed by atoms with van der Waals surface area (Å²) >= 11 is 0. The van der Waals surface area contributed by atoms with Crippen LogP contribution in [0.15, 0.2) is 0 Å². The van der Waals surface area contributed by atoms with E-state index < -0.39 is 30.6 Å². The van der Waals surface area contributed by atoms with Gasteiger partial charge in [-0.1, -0.05) is 0 Å². The van der Waals surface area contributed by atoms with E-state index in [1.807, 2.05) is 0 Å². The normalized spacial score (nSPS) is 21.1. The molecule has 0 saturated carbocycles. The Morgan fingerprint density at radius 1 is 1.48 bits per heavy atom. The molecule has 0 spiro atoms. The largest absolute Gasteiger partial charge is 0.464 e. The third-order valence-electron chi connectivity index (χ3n) is 3.16. The molecule has 1 aliphatic heterocycles. The second-order valence-corrected chi connectivity index (χ2v) is 4.98. The van der Waals surface area contributed by atoms with Gasteiger partial charge in [0.25, 0.3) is 0 Å². The number of carbonyl (C=O) groups is 2. The van der Waals surface area contributed by atoms with E-state index in [1.54, 1.807) is 6.92 Å². The van der Waals surface area contributed by atoms with Crippen LogP contribution in [0.2, 0.25) is 0 Å². The molecule has 122 valence electrons. The maximum Gasteiger partial charge on any atom is 0.401 e. The SMILES string of the molecule is CCOC(=O)C(N)C(=O)NCC1CCN(CC(F)(F)F)C1. The third-order valence-corrected chi connectivity index (χ3v) is 3.16. The van der Waals surface area contributed by atoms with Gasteiger partial charge in [0, 0.05) is 13.1 Å². The van der Waals surface area contributed by atoms with Crippen LogP contribution in [0.25, 0.3) is 0 Å². The van der Waals surface area contributed by atoms with E-state index in [0.717, 1.165) is 0 Å². The minimum atomic E-state index is -4.22. The van der Waals surface area contributed by atoms with E-state index in [1.165, 1.54) is 4.90 Å². The van der Waals surface area contributed by atoms with Crippen molar-refractivity contribution in [1.29, 1.82) is 0 Å². The van der Waals surface area contributed by atoms with Crippen LogP contribution in [0, 0.1) is 5.92 Å². The molecule has 0 bridgehead atoms. The fraction of sp³-hybridized carbons (Fsp3) is 0.833. The summed E-state index contributed by atoms with van der Waals surface area (Å²) in [6.45, 7) is 1.56. The highest BCUT2D eigenvalue weighted by Crippen LogP contribution is 2.22. The molecule has 0 radical (unpaired) electrons. The van der Waals surface area contributed by atoms with Gasteiger partial charge in [-0.05, 0) is 25.8 Å². The van der Waals surface area contributed by atoms with Crippen molar-refractivity contribution in [3.05, 3.63) is 0 Å². The standard InChI is InChI=1S/C12H20F3N3O3/c1-2-21-11(20)9(16)10(19)17-5-8-3-4-18(6-8)7-12(13,14)15/h8-9H,2-7,16H2,1H3,(H,17,19). The quantitative estimate of drug-likeness (QED) is 0.528. The lowest BCUT2D eigenvalue weighted by Gasteiger charge is -2.18. The molecule has 9 heteroatoms. The molecule has 1 rings (SSSR count). The second-order valence-electron chi connectivity index (χ2n) is 4.98. The van der Waals surface area contributed by atoms with E-state index in [-0.39, 0.29) is 25.6 Å². The maximum absolute atomic E-state index is 12.2. The molecule has 21 heavy (non-hydrogen) atoms. The van der Waals surface area contributed by atoms with Gasteiger partial charge in [0.2, 0.25) is 5.91 Å². The molecule has 0 aromatic rings.